The molecule has 0 spiro atoms. The average Bonchev–Trinajstić information content (AvgIpc) is 3.17. The molecule has 4 rings (SSSR count). The highest BCUT2D eigenvalue weighted by Crippen LogP contribution is 2.29. The number of halogens is 1. The number of hydrogen-bond donors (Lipinski definition) is 1. The van der Waals surface area contributed by atoms with Crippen LogP contribution in [0.15, 0.2) is 41.9 Å². The van der Waals surface area contributed by atoms with Gasteiger partial charge in [-0.15, -0.1) is 11.3 Å². The molecular formula is C22H22ClN3O2S. The summed E-state index contributed by atoms with van der Waals surface area (Å²) in [7, 11) is 0. The molecule has 0 saturated carbocycles. The van der Waals surface area contributed by atoms with E-state index < -0.39 is 0 Å². The van der Waals surface area contributed by atoms with Gasteiger partial charge in [0.1, 0.15) is 0 Å². The number of thiazole rings is 1. The molecule has 1 N–H and O–H groups in total. The minimum atomic E-state index is -0.267. The van der Waals surface area contributed by atoms with Gasteiger partial charge in [0.2, 0.25) is 0 Å². The van der Waals surface area contributed by atoms with Crippen LogP contribution in [0.1, 0.15) is 53.8 Å². The van der Waals surface area contributed by atoms with Crippen molar-refractivity contribution in [2.45, 2.75) is 45.2 Å². The third-order valence-corrected chi connectivity index (χ3v) is 6.51. The SMILES string of the molecule is CC1CCCC(C)N1C(=O)c1cc(Cl)ccc1NC(=O)c1ccc2ncsc2c1. The molecule has 150 valence electrons. The van der Waals surface area contributed by atoms with E-state index in [1.165, 1.54) is 11.3 Å². The van der Waals surface area contributed by atoms with Crippen LogP contribution >= 0.6 is 22.9 Å². The number of carbonyl (C=O) groups is 2. The van der Waals surface area contributed by atoms with E-state index in [0.717, 1.165) is 29.5 Å². The van der Waals surface area contributed by atoms with Gasteiger partial charge in [-0.2, -0.15) is 0 Å². The summed E-state index contributed by atoms with van der Waals surface area (Å²) >= 11 is 7.68. The average molecular weight is 428 g/mol. The second-order valence-corrected chi connectivity index (χ2v) is 8.84. The highest BCUT2D eigenvalue weighted by molar-refractivity contribution is 7.16. The van der Waals surface area contributed by atoms with E-state index in [0.29, 0.717) is 21.8 Å². The maximum atomic E-state index is 13.4. The van der Waals surface area contributed by atoms with Crippen molar-refractivity contribution < 1.29 is 9.59 Å². The Hall–Kier alpha value is -2.44. The predicted octanol–water partition coefficient (Wildman–Crippen LogP) is 5.61. The monoisotopic (exact) mass is 427 g/mol. The van der Waals surface area contributed by atoms with Crippen LogP contribution in [0.3, 0.4) is 0 Å². The van der Waals surface area contributed by atoms with Gasteiger partial charge in [0, 0.05) is 22.7 Å². The molecule has 0 aliphatic carbocycles. The molecule has 1 aliphatic heterocycles. The lowest BCUT2D eigenvalue weighted by Crippen LogP contribution is -2.47. The molecule has 2 aromatic carbocycles. The first-order valence-corrected chi connectivity index (χ1v) is 11.0. The first-order valence-electron chi connectivity index (χ1n) is 9.71. The Morgan fingerprint density at radius 2 is 1.90 bits per heavy atom. The number of rotatable bonds is 3. The van der Waals surface area contributed by atoms with E-state index in [2.05, 4.69) is 24.1 Å². The third kappa shape index (κ3) is 4.00. The van der Waals surface area contributed by atoms with E-state index in [9.17, 15) is 9.59 Å². The van der Waals surface area contributed by atoms with Gasteiger partial charge in [0.25, 0.3) is 11.8 Å². The normalized spacial score (nSPS) is 19.3. The summed E-state index contributed by atoms with van der Waals surface area (Å²) < 4.78 is 0.945. The molecule has 1 saturated heterocycles. The van der Waals surface area contributed by atoms with Gasteiger partial charge in [-0.25, -0.2) is 4.98 Å². The largest absolute Gasteiger partial charge is 0.333 e. The molecular weight excluding hydrogens is 406 g/mol. The van der Waals surface area contributed by atoms with Gasteiger partial charge in [-0.1, -0.05) is 11.6 Å². The van der Waals surface area contributed by atoms with Crippen LogP contribution in [0.5, 0.6) is 0 Å². The van der Waals surface area contributed by atoms with Gasteiger partial charge in [-0.3, -0.25) is 9.59 Å². The zero-order valence-corrected chi connectivity index (χ0v) is 17.9. The summed E-state index contributed by atoms with van der Waals surface area (Å²) in [6.45, 7) is 4.14. The molecule has 2 heterocycles. The van der Waals surface area contributed by atoms with Crippen LogP contribution in [0, 0.1) is 0 Å². The molecule has 1 aromatic heterocycles. The lowest BCUT2D eigenvalue weighted by atomic mass is 9.96. The second-order valence-electron chi connectivity index (χ2n) is 7.52. The molecule has 2 amide bonds. The van der Waals surface area contributed by atoms with Crippen LogP contribution in [-0.2, 0) is 0 Å². The topological polar surface area (TPSA) is 62.3 Å². The van der Waals surface area contributed by atoms with Crippen molar-refractivity contribution >= 4 is 50.7 Å². The number of amides is 2. The lowest BCUT2D eigenvalue weighted by Gasteiger charge is -2.39. The number of anilines is 1. The van der Waals surface area contributed by atoms with Gasteiger partial charge >= 0.3 is 0 Å². The smallest absolute Gasteiger partial charge is 0.256 e. The molecule has 2 atom stereocenters. The Morgan fingerprint density at radius 3 is 2.66 bits per heavy atom. The Kier molecular flexibility index (Phi) is 5.56. The standard InChI is InChI=1S/C22H22ClN3O2S/c1-13-4-3-5-14(2)26(13)22(28)17-11-16(23)7-9-18(17)25-21(27)15-6-8-19-20(10-15)29-12-24-19/h6-14H,3-5H2,1-2H3,(H,25,27). The number of piperidine rings is 1. The number of fused-ring (bicyclic) bond motifs is 1. The quantitative estimate of drug-likeness (QED) is 0.591. The number of benzene rings is 2. The first-order chi connectivity index (χ1) is 13.9. The van der Waals surface area contributed by atoms with Crippen molar-refractivity contribution in [2.24, 2.45) is 0 Å². The molecule has 1 fully saturated rings. The zero-order chi connectivity index (χ0) is 20.5. The third-order valence-electron chi connectivity index (χ3n) is 5.48. The van der Waals surface area contributed by atoms with Gasteiger partial charge in [0.15, 0.2) is 0 Å². The molecule has 5 nitrogen and oxygen atoms in total. The van der Waals surface area contributed by atoms with Crippen LogP contribution in [0.25, 0.3) is 10.2 Å². The van der Waals surface area contributed by atoms with Gasteiger partial charge < -0.3 is 10.2 Å². The Labute approximate surface area is 178 Å². The van der Waals surface area contributed by atoms with Gasteiger partial charge in [0.05, 0.1) is 27.0 Å². The number of carbonyl (C=O) groups excluding carboxylic acids is 2. The predicted molar refractivity (Wildman–Crippen MR) is 118 cm³/mol. The molecule has 2 unspecified atom stereocenters. The van der Waals surface area contributed by atoms with Crippen molar-refractivity contribution in [3.8, 4) is 0 Å². The summed E-state index contributed by atoms with van der Waals surface area (Å²) in [5.41, 5.74) is 4.03. The second kappa shape index (κ2) is 8.13. The van der Waals surface area contributed by atoms with E-state index in [-0.39, 0.29) is 23.9 Å². The number of aromatic nitrogens is 1. The van der Waals surface area contributed by atoms with E-state index >= 15 is 0 Å². The molecule has 1 aliphatic rings. The summed E-state index contributed by atoms with van der Waals surface area (Å²) in [6.07, 6.45) is 3.08. The summed E-state index contributed by atoms with van der Waals surface area (Å²) in [6, 6.07) is 10.7. The van der Waals surface area contributed by atoms with Crippen molar-refractivity contribution in [2.75, 3.05) is 5.32 Å². The molecule has 3 aromatic rings. The Balaban J connectivity index is 1.64. The molecule has 29 heavy (non-hydrogen) atoms. The molecule has 7 heteroatoms. The number of hydrogen-bond acceptors (Lipinski definition) is 4. The molecule has 0 radical (unpaired) electrons. The van der Waals surface area contributed by atoms with Crippen molar-refractivity contribution in [3.63, 3.8) is 0 Å². The zero-order valence-electron chi connectivity index (χ0n) is 16.3. The number of likely N-dealkylation sites (tertiary alicyclic amines) is 1. The summed E-state index contributed by atoms with van der Waals surface area (Å²) in [4.78, 5) is 32.4. The van der Waals surface area contributed by atoms with Gasteiger partial charge in [-0.05, 0) is 69.5 Å². The number of nitrogens with one attached hydrogen (secondary N) is 1. The minimum Gasteiger partial charge on any atom is -0.333 e. The van der Waals surface area contributed by atoms with Crippen molar-refractivity contribution in [1.29, 1.82) is 0 Å². The Bertz CT molecular complexity index is 1070. The van der Waals surface area contributed by atoms with E-state index in [1.54, 1.807) is 29.8 Å². The maximum absolute atomic E-state index is 13.4. The number of nitrogens with zero attached hydrogens (tertiary/aromatic N) is 2. The fraction of sp³-hybridized carbons (Fsp3) is 0.318. The lowest BCUT2D eigenvalue weighted by molar-refractivity contribution is 0.0512. The summed E-state index contributed by atoms with van der Waals surface area (Å²) in [5.74, 6) is -0.364. The fourth-order valence-electron chi connectivity index (χ4n) is 3.95. The Morgan fingerprint density at radius 1 is 1.14 bits per heavy atom. The highest BCUT2D eigenvalue weighted by atomic mass is 35.5. The van der Waals surface area contributed by atoms with E-state index in [4.69, 9.17) is 11.6 Å². The highest BCUT2D eigenvalue weighted by Gasteiger charge is 2.31. The fourth-order valence-corrected chi connectivity index (χ4v) is 4.84. The van der Waals surface area contributed by atoms with Crippen LogP contribution in [0.2, 0.25) is 5.02 Å². The van der Waals surface area contributed by atoms with E-state index in [1.807, 2.05) is 17.0 Å². The minimum absolute atomic E-state index is 0.0968. The van der Waals surface area contributed by atoms with Crippen LogP contribution < -0.4 is 5.32 Å². The molecule has 0 bridgehead atoms. The first kappa shape index (κ1) is 19.9. The van der Waals surface area contributed by atoms with Crippen molar-refractivity contribution in [1.82, 2.24) is 9.88 Å². The summed E-state index contributed by atoms with van der Waals surface area (Å²) in [5, 5.41) is 3.37. The maximum Gasteiger partial charge on any atom is 0.256 e. The van der Waals surface area contributed by atoms with Crippen LogP contribution in [0.4, 0.5) is 5.69 Å². The van der Waals surface area contributed by atoms with Crippen molar-refractivity contribution in [3.05, 3.63) is 58.1 Å². The van der Waals surface area contributed by atoms with Crippen LogP contribution in [-0.4, -0.2) is 33.8 Å².